The average molecular weight is 375 g/mol. The van der Waals surface area contributed by atoms with Gasteiger partial charge in [-0.25, -0.2) is 0 Å². The predicted octanol–water partition coefficient (Wildman–Crippen LogP) is 4.30. The van der Waals surface area contributed by atoms with E-state index in [1.165, 1.54) is 12.1 Å². The number of unbranched alkanes of at least 4 members (excludes halogenated alkanes) is 1. The number of nitro groups is 2. The van der Waals surface area contributed by atoms with Gasteiger partial charge in [0.1, 0.15) is 5.69 Å². The molecule has 2 rings (SSSR count). The fourth-order valence-corrected chi connectivity index (χ4v) is 2.40. The molecule has 2 aromatic carbocycles. The monoisotopic (exact) mass is 375 g/mol. The lowest BCUT2D eigenvalue weighted by atomic mass is 10.2. The molecule has 27 heavy (non-hydrogen) atoms. The molecule has 0 aliphatic carbocycles. The van der Waals surface area contributed by atoms with E-state index in [2.05, 4.69) is 12.2 Å². The summed E-state index contributed by atoms with van der Waals surface area (Å²) in [5, 5.41) is 24.9. The Kier molecular flexibility index (Phi) is 6.93. The molecule has 0 fully saturated rings. The normalized spacial score (nSPS) is 10.3. The predicted molar refractivity (Wildman–Crippen MR) is 100 cm³/mol. The van der Waals surface area contributed by atoms with Crippen LogP contribution in [0.3, 0.4) is 0 Å². The van der Waals surface area contributed by atoms with Crippen molar-refractivity contribution in [1.29, 1.82) is 0 Å². The number of hydrogen-bond acceptors (Lipinski definition) is 7. The maximum atomic E-state index is 11.2. The van der Waals surface area contributed by atoms with Gasteiger partial charge in [-0.1, -0.05) is 19.4 Å². The highest BCUT2D eigenvalue weighted by atomic mass is 16.6. The lowest BCUT2D eigenvalue weighted by Crippen LogP contribution is -2.04. The molecule has 0 atom stereocenters. The molecule has 0 unspecified atom stereocenters. The van der Waals surface area contributed by atoms with Crippen LogP contribution in [0.1, 0.15) is 25.3 Å². The smallest absolute Gasteiger partial charge is 0.299 e. The Morgan fingerprint density at radius 3 is 2.44 bits per heavy atom. The third kappa shape index (κ3) is 5.30. The Morgan fingerprint density at radius 1 is 1.04 bits per heavy atom. The number of nitrogens with one attached hydrogen (secondary N) is 1. The van der Waals surface area contributed by atoms with Gasteiger partial charge in [-0.2, -0.15) is 0 Å². The first-order valence-electron chi connectivity index (χ1n) is 8.42. The number of ether oxygens (including phenoxy) is 2. The Balaban J connectivity index is 2.14. The number of nitro benzene ring substituents is 2. The Hall–Kier alpha value is -3.36. The topological polar surface area (TPSA) is 117 Å². The minimum atomic E-state index is -0.668. The highest BCUT2D eigenvalue weighted by molar-refractivity contribution is 5.65. The van der Waals surface area contributed by atoms with Gasteiger partial charge in [-0.05, 0) is 30.2 Å². The van der Waals surface area contributed by atoms with Crippen LogP contribution in [0.15, 0.2) is 36.4 Å². The zero-order valence-corrected chi connectivity index (χ0v) is 15.1. The molecule has 9 heteroatoms. The second kappa shape index (κ2) is 9.37. The number of rotatable bonds is 10. The van der Waals surface area contributed by atoms with E-state index < -0.39 is 9.85 Å². The molecule has 0 aliphatic heterocycles. The molecule has 0 bridgehead atoms. The van der Waals surface area contributed by atoms with E-state index in [1.54, 1.807) is 19.2 Å². The van der Waals surface area contributed by atoms with Crippen molar-refractivity contribution in [2.24, 2.45) is 0 Å². The fraction of sp³-hybridized carbons (Fsp3) is 0.333. The molecule has 0 aromatic heterocycles. The molecule has 0 saturated carbocycles. The van der Waals surface area contributed by atoms with Gasteiger partial charge in [0.2, 0.25) is 0 Å². The van der Waals surface area contributed by atoms with Crippen LogP contribution >= 0.6 is 0 Å². The zero-order chi connectivity index (χ0) is 19.8. The van der Waals surface area contributed by atoms with E-state index in [0.29, 0.717) is 18.1 Å². The summed E-state index contributed by atoms with van der Waals surface area (Å²) in [5.74, 6) is 1.21. The summed E-state index contributed by atoms with van der Waals surface area (Å²) < 4.78 is 11.0. The van der Waals surface area contributed by atoms with Gasteiger partial charge in [0, 0.05) is 12.6 Å². The van der Waals surface area contributed by atoms with Crippen LogP contribution in [0.25, 0.3) is 0 Å². The number of non-ortho nitro benzene ring substituents is 1. The summed E-state index contributed by atoms with van der Waals surface area (Å²) in [6.45, 7) is 2.95. The standard InChI is InChI=1S/C18H21N3O6/c1-3-4-9-27-17-8-5-13(10-18(17)26-2)12-19-15-7-6-14(20(22)23)11-16(15)21(24)25/h5-8,10-11,19H,3-4,9,12H2,1-2H3. The van der Waals surface area contributed by atoms with E-state index in [9.17, 15) is 20.2 Å². The third-order valence-electron chi connectivity index (χ3n) is 3.86. The highest BCUT2D eigenvalue weighted by Gasteiger charge is 2.19. The highest BCUT2D eigenvalue weighted by Crippen LogP contribution is 2.31. The van der Waals surface area contributed by atoms with E-state index in [4.69, 9.17) is 9.47 Å². The van der Waals surface area contributed by atoms with Crippen LogP contribution in [0.4, 0.5) is 17.1 Å². The fourth-order valence-electron chi connectivity index (χ4n) is 2.40. The first kappa shape index (κ1) is 20.0. The maximum Gasteiger partial charge on any atom is 0.299 e. The van der Waals surface area contributed by atoms with Crippen LogP contribution in [0, 0.1) is 20.2 Å². The van der Waals surface area contributed by atoms with E-state index in [-0.39, 0.29) is 23.6 Å². The Labute approximate surface area is 156 Å². The number of benzene rings is 2. The van der Waals surface area contributed by atoms with Crippen LogP contribution in [0.2, 0.25) is 0 Å². The molecule has 0 spiro atoms. The molecule has 1 N–H and O–H groups in total. The second-order valence-corrected chi connectivity index (χ2v) is 5.76. The Morgan fingerprint density at radius 2 is 1.81 bits per heavy atom. The summed E-state index contributed by atoms with van der Waals surface area (Å²) in [7, 11) is 1.54. The summed E-state index contributed by atoms with van der Waals surface area (Å²) in [6.07, 6.45) is 1.97. The second-order valence-electron chi connectivity index (χ2n) is 5.76. The number of methoxy groups -OCH3 is 1. The first-order valence-corrected chi connectivity index (χ1v) is 8.42. The minimum Gasteiger partial charge on any atom is -0.493 e. The first-order chi connectivity index (χ1) is 13.0. The van der Waals surface area contributed by atoms with Gasteiger partial charge in [0.15, 0.2) is 11.5 Å². The number of nitrogens with zero attached hydrogens (tertiary/aromatic N) is 2. The van der Waals surface area contributed by atoms with Gasteiger partial charge in [0.25, 0.3) is 11.4 Å². The summed E-state index contributed by atoms with van der Waals surface area (Å²) in [4.78, 5) is 20.7. The molecule has 0 aliphatic rings. The van der Waals surface area contributed by atoms with Crippen LogP contribution in [-0.2, 0) is 6.54 Å². The molecular weight excluding hydrogens is 354 g/mol. The quantitative estimate of drug-likeness (QED) is 0.374. The summed E-state index contributed by atoms with van der Waals surface area (Å²) in [5.41, 5.74) is 0.341. The minimum absolute atomic E-state index is 0.202. The van der Waals surface area contributed by atoms with Crippen molar-refractivity contribution in [3.05, 3.63) is 62.2 Å². The lowest BCUT2D eigenvalue weighted by molar-refractivity contribution is -0.393. The van der Waals surface area contributed by atoms with Crippen molar-refractivity contribution < 1.29 is 19.3 Å². The van der Waals surface area contributed by atoms with Crippen molar-refractivity contribution >= 4 is 17.1 Å². The van der Waals surface area contributed by atoms with Gasteiger partial charge in [0.05, 0.1) is 29.6 Å². The van der Waals surface area contributed by atoms with Crippen molar-refractivity contribution in [2.45, 2.75) is 26.3 Å². The van der Waals surface area contributed by atoms with Gasteiger partial charge < -0.3 is 14.8 Å². The Bertz CT molecular complexity index is 825. The molecule has 0 heterocycles. The SMILES string of the molecule is CCCCOc1ccc(CNc2ccc([N+](=O)[O-])cc2[N+](=O)[O-])cc1OC. The van der Waals surface area contributed by atoms with Gasteiger partial charge >= 0.3 is 0 Å². The van der Waals surface area contributed by atoms with Crippen molar-refractivity contribution in [3.8, 4) is 11.5 Å². The largest absolute Gasteiger partial charge is 0.493 e. The van der Waals surface area contributed by atoms with Crippen molar-refractivity contribution in [2.75, 3.05) is 19.0 Å². The maximum absolute atomic E-state index is 11.2. The molecule has 0 saturated heterocycles. The van der Waals surface area contributed by atoms with Crippen molar-refractivity contribution in [3.63, 3.8) is 0 Å². The van der Waals surface area contributed by atoms with Crippen molar-refractivity contribution in [1.82, 2.24) is 0 Å². The molecule has 144 valence electrons. The molecule has 2 aromatic rings. The molecule has 0 radical (unpaired) electrons. The van der Waals surface area contributed by atoms with Gasteiger partial charge in [-0.3, -0.25) is 20.2 Å². The molecule has 0 amide bonds. The summed E-state index contributed by atoms with van der Waals surface area (Å²) in [6, 6.07) is 8.89. The summed E-state index contributed by atoms with van der Waals surface area (Å²) >= 11 is 0. The molecule has 9 nitrogen and oxygen atoms in total. The van der Waals surface area contributed by atoms with E-state index in [0.717, 1.165) is 24.5 Å². The van der Waals surface area contributed by atoms with Crippen LogP contribution in [0.5, 0.6) is 11.5 Å². The number of hydrogen-bond donors (Lipinski definition) is 1. The van der Waals surface area contributed by atoms with Crippen LogP contribution < -0.4 is 14.8 Å². The molecular formula is C18H21N3O6. The van der Waals surface area contributed by atoms with Gasteiger partial charge in [-0.15, -0.1) is 0 Å². The van der Waals surface area contributed by atoms with E-state index in [1.807, 2.05) is 6.07 Å². The lowest BCUT2D eigenvalue weighted by Gasteiger charge is -2.13. The third-order valence-corrected chi connectivity index (χ3v) is 3.86. The zero-order valence-electron chi connectivity index (χ0n) is 15.1. The van der Waals surface area contributed by atoms with Crippen LogP contribution in [-0.4, -0.2) is 23.6 Å². The average Bonchev–Trinajstić information content (AvgIpc) is 2.66. The van der Waals surface area contributed by atoms with E-state index >= 15 is 0 Å². The number of anilines is 1.